The molecular weight excluding hydrogens is 390 g/mol. The molecular formula is C18H18BrNO5. The van der Waals surface area contributed by atoms with Gasteiger partial charge in [-0.1, -0.05) is 22.0 Å². The van der Waals surface area contributed by atoms with Crippen LogP contribution in [-0.4, -0.2) is 32.8 Å². The molecule has 1 aliphatic heterocycles. The first-order valence-electron chi connectivity index (χ1n) is 7.50. The van der Waals surface area contributed by atoms with Gasteiger partial charge in [0.05, 0.1) is 32.1 Å². The second-order valence-corrected chi connectivity index (χ2v) is 5.78. The molecule has 6 nitrogen and oxygen atoms in total. The van der Waals surface area contributed by atoms with Crippen molar-refractivity contribution < 1.29 is 23.8 Å². The van der Waals surface area contributed by atoms with Gasteiger partial charge in [-0.2, -0.15) is 0 Å². The molecule has 0 aromatic heterocycles. The van der Waals surface area contributed by atoms with Crippen molar-refractivity contribution in [3.63, 3.8) is 0 Å². The van der Waals surface area contributed by atoms with Gasteiger partial charge >= 0.3 is 11.9 Å². The summed E-state index contributed by atoms with van der Waals surface area (Å²) in [6.45, 7) is 2.31. The van der Waals surface area contributed by atoms with Gasteiger partial charge in [-0.25, -0.2) is 9.59 Å². The average molecular weight is 408 g/mol. The molecule has 0 amide bonds. The van der Waals surface area contributed by atoms with Crippen LogP contribution in [0.3, 0.4) is 0 Å². The number of rotatable bonds is 5. The molecule has 0 atom stereocenters. The van der Waals surface area contributed by atoms with E-state index in [0.29, 0.717) is 18.0 Å². The fourth-order valence-corrected chi connectivity index (χ4v) is 2.65. The van der Waals surface area contributed by atoms with Crippen LogP contribution in [0.2, 0.25) is 0 Å². The Labute approximate surface area is 154 Å². The summed E-state index contributed by atoms with van der Waals surface area (Å²) in [4.78, 5) is 26.1. The summed E-state index contributed by atoms with van der Waals surface area (Å²) in [5, 5.41) is 0. The molecule has 7 heteroatoms. The summed E-state index contributed by atoms with van der Waals surface area (Å²) in [5.74, 6) is -0.753. The highest BCUT2D eigenvalue weighted by atomic mass is 79.9. The number of methoxy groups -OCH3 is 2. The lowest BCUT2D eigenvalue weighted by Crippen LogP contribution is -2.27. The monoisotopic (exact) mass is 407 g/mol. The lowest BCUT2D eigenvalue weighted by molar-refractivity contribution is -0.139. The van der Waals surface area contributed by atoms with Crippen LogP contribution >= 0.6 is 15.9 Å². The van der Waals surface area contributed by atoms with Gasteiger partial charge in [0.25, 0.3) is 0 Å². The Morgan fingerprint density at radius 1 is 1.12 bits per heavy atom. The third-order valence-electron chi connectivity index (χ3n) is 3.37. The predicted octanol–water partition coefficient (Wildman–Crippen LogP) is 3.34. The van der Waals surface area contributed by atoms with E-state index in [0.717, 1.165) is 4.47 Å². The molecule has 0 N–H and O–H groups in total. The first kappa shape index (κ1) is 18.8. The van der Waals surface area contributed by atoms with Crippen LogP contribution in [0.1, 0.15) is 6.92 Å². The quantitative estimate of drug-likeness (QED) is 0.697. The van der Waals surface area contributed by atoms with E-state index in [1.165, 1.54) is 20.3 Å². The highest BCUT2D eigenvalue weighted by Gasteiger charge is 2.28. The van der Waals surface area contributed by atoms with Gasteiger partial charge in [0.2, 0.25) is 0 Å². The summed E-state index contributed by atoms with van der Waals surface area (Å²) in [6, 6.07) is 5.39. The number of esters is 2. The third kappa shape index (κ3) is 4.11. The molecule has 0 saturated heterocycles. The molecule has 132 valence electrons. The number of benzene rings is 1. The number of halogens is 1. The van der Waals surface area contributed by atoms with Crippen molar-refractivity contribution in [2.75, 3.05) is 25.7 Å². The van der Waals surface area contributed by atoms with E-state index >= 15 is 0 Å². The summed E-state index contributed by atoms with van der Waals surface area (Å²) in [7, 11) is 2.51. The van der Waals surface area contributed by atoms with Crippen molar-refractivity contribution in [3.8, 4) is 5.75 Å². The Morgan fingerprint density at radius 2 is 1.84 bits per heavy atom. The maximum absolute atomic E-state index is 12.4. The van der Waals surface area contributed by atoms with Gasteiger partial charge in [0.1, 0.15) is 11.4 Å². The number of hydrogen-bond acceptors (Lipinski definition) is 6. The standard InChI is InChI=1S/C18H18BrNO5/c1-4-25-15-11-12(19)8-9-14(15)20-10-6-5-7-13(17(21)23-2)16(20)18(22)24-3/h5-11H,4H2,1-3H3. The molecule has 2 rings (SSSR count). The maximum Gasteiger partial charge on any atom is 0.355 e. The number of carbonyl (C=O) groups is 2. The summed E-state index contributed by atoms with van der Waals surface area (Å²) in [6.07, 6.45) is 6.52. The minimum atomic E-state index is -0.665. The van der Waals surface area contributed by atoms with Crippen LogP contribution in [0.5, 0.6) is 5.75 Å². The zero-order valence-corrected chi connectivity index (χ0v) is 15.7. The Bertz CT molecular complexity index is 767. The Kier molecular flexibility index (Phi) is 6.41. The van der Waals surface area contributed by atoms with Gasteiger partial charge in [-0.3, -0.25) is 0 Å². The summed E-state index contributed by atoms with van der Waals surface area (Å²) < 4.78 is 16.2. The van der Waals surface area contributed by atoms with Gasteiger partial charge < -0.3 is 19.1 Å². The van der Waals surface area contributed by atoms with Gasteiger partial charge in [0, 0.05) is 10.7 Å². The number of hydrogen-bond donors (Lipinski definition) is 0. The molecule has 1 heterocycles. The number of ether oxygens (including phenoxy) is 3. The fraction of sp³-hybridized carbons (Fsp3) is 0.222. The van der Waals surface area contributed by atoms with Crippen molar-refractivity contribution in [1.29, 1.82) is 0 Å². The van der Waals surface area contributed by atoms with Crippen molar-refractivity contribution in [2.45, 2.75) is 6.92 Å². The molecule has 0 saturated carbocycles. The molecule has 0 unspecified atom stereocenters. The van der Waals surface area contributed by atoms with E-state index < -0.39 is 11.9 Å². The van der Waals surface area contributed by atoms with Crippen molar-refractivity contribution >= 4 is 33.6 Å². The van der Waals surface area contributed by atoms with E-state index in [-0.39, 0.29) is 11.3 Å². The third-order valence-corrected chi connectivity index (χ3v) is 3.86. The summed E-state index contributed by atoms with van der Waals surface area (Å²) >= 11 is 3.40. The largest absolute Gasteiger partial charge is 0.492 e. The van der Waals surface area contributed by atoms with Crippen LogP contribution in [0.25, 0.3) is 0 Å². The number of nitrogens with zero attached hydrogens (tertiary/aromatic N) is 1. The first-order chi connectivity index (χ1) is 12.0. The maximum atomic E-state index is 12.4. The lowest BCUT2D eigenvalue weighted by atomic mass is 10.1. The van der Waals surface area contributed by atoms with Gasteiger partial charge in [-0.05, 0) is 37.3 Å². The van der Waals surface area contributed by atoms with Crippen molar-refractivity contribution in [2.24, 2.45) is 0 Å². The second kappa shape index (κ2) is 8.53. The number of carbonyl (C=O) groups excluding carboxylic acids is 2. The van der Waals surface area contributed by atoms with Gasteiger partial charge in [0.15, 0.2) is 0 Å². The van der Waals surface area contributed by atoms with Crippen LogP contribution in [-0.2, 0) is 19.1 Å². The van der Waals surface area contributed by atoms with E-state index in [4.69, 9.17) is 14.2 Å². The zero-order chi connectivity index (χ0) is 18.4. The molecule has 1 aromatic carbocycles. The Hall–Kier alpha value is -2.54. The molecule has 25 heavy (non-hydrogen) atoms. The van der Waals surface area contributed by atoms with Gasteiger partial charge in [-0.15, -0.1) is 0 Å². The van der Waals surface area contributed by atoms with Crippen molar-refractivity contribution in [1.82, 2.24) is 0 Å². The second-order valence-electron chi connectivity index (χ2n) is 4.86. The van der Waals surface area contributed by atoms with E-state index in [1.54, 1.807) is 35.4 Å². The zero-order valence-electron chi connectivity index (χ0n) is 14.1. The highest BCUT2D eigenvalue weighted by molar-refractivity contribution is 9.10. The molecule has 0 aliphatic carbocycles. The SMILES string of the molecule is CCOc1cc(Br)ccc1N1C=CC=CC(C(=O)OC)=C1C(=O)OC. The first-order valence-corrected chi connectivity index (χ1v) is 8.30. The molecule has 0 fully saturated rings. The summed E-state index contributed by atoms with van der Waals surface area (Å²) in [5.41, 5.74) is 0.721. The normalized spacial score (nSPS) is 13.5. The Morgan fingerprint density at radius 3 is 2.48 bits per heavy atom. The van der Waals surface area contributed by atoms with Crippen molar-refractivity contribution in [3.05, 3.63) is 58.4 Å². The fourth-order valence-electron chi connectivity index (χ4n) is 2.31. The predicted molar refractivity (Wildman–Crippen MR) is 97.1 cm³/mol. The topological polar surface area (TPSA) is 65.1 Å². The molecule has 0 spiro atoms. The smallest absolute Gasteiger partial charge is 0.355 e. The molecule has 1 aliphatic rings. The van der Waals surface area contributed by atoms with Crippen LogP contribution < -0.4 is 9.64 Å². The molecule has 0 radical (unpaired) electrons. The Balaban J connectivity index is 2.69. The minimum Gasteiger partial charge on any atom is -0.492 e. The van der Waals surface area contributed by atoms with Crippen LogP contribution in [0, 0.1) is 0 Å². The average Bonchev–Trinajstić information content (AvgIpc) is 2.83. The number of allylic oxidation sites excluding steroid dienone is 2. The lowest BCUT2D eigenvalue weighted by Gasteiger charge is -2.25. The van der Waals surface area contributed by atoms with Crippen LogP contribution in [0.4, 0.5) is 5.69 Å². The molecule has 0 bridgehead atoms. The highest BCUT2D eigenvalue weighted by Crippen LogP contribution is 2.36. The van der Waals surface area contributed by atoms with E-state index in [2.05, 4.69) is 15.9 Å². The minimum absolute atomic E-state index is 0.0441. The van der Waals surface area contributed by atoms with Crippen LogP contribution in [0.15, 0.2) is 58.4 Å². The number of anilines is 1. The van der Waals surface area contributed by atoms with E-state index in [9.17, 15) is 9.59 Å². The molecule has 1 aromatic rings. The van der Waals surface area contributed by atoms with E-state index in [1.807, 2.05) is 13.0 Å².